The molecule has 0 saturated carbocycles. The third-order valence-corrected chi connectivity index (χ3v) is 8.10. The van der Waals surface area contributed by atoms with E-state index in [0.29, 0.717) is 11.4 Å². The van der Waals surface area contributed by atoms with Crippen molar-refractivity contribution in [2.24, 2.45) is 5.92 Å². The molecule has 1 aromatic heterocycles. The van der Waals surface area contributed by atoms with E-state index >= 15 is 0 Å². The van der Waals surface area contributed by atoms with Gasteiger partial charge in [0.25, 0.3) is 0 Å². The van der Waals surface area contributed by atoms with Crippen molar-refractivity contribution in [1.82, 2.24) is 10.2 Å². The average Bonchev–Trinajstić information content (AvgIpc) is 3.32. The van der Waals surface area contributed by atoms with Gasteiger partial charge in [0.1, 0.15) is 5.01 Å². The monoisotopic (exact) mass is 543 g/mol. The van der Waals surface area contributed by atoms with E-state index in [1.54, 1.807) is 35.2 Å². The maximum atomic E-state index is 12.0. The molecular formula is C26H29N3O6S2. The van der Waals surface area contributed by atoms with Crippen molar-refractivity contribution in [3.05, 3.63) is 70.2 Å². The third kappa shape index (κ3) is 7.36. The number of benzene rings is 2. The lowest BCUT2D eigenvalue weighted by atomic mass is 9.91. The zero-order valence-electron chi connectivity index (χ0n) is 20.5. The van der Waals surface area contributed by atoms with Crippen molar-refractivity contribution in [3.63, 3.8) is 0 Å². The van der Waals surface area contributed by atoms with Crippen molar-refractivity contribution in [1.29, 1.82) is 0 Å². The van der Waals surface area contributed by atoms with Gasteiger partial charge in [-0.2, -0.15) is 0 Å². The Labute approximate surface area is 223 Å². The van der Waals surface area contributed by atoms with E-state index in [-0.39, 0.29) is 43.5 Å². The van der Waals surface area contributed by atoms with Crippen LogP contribution in [0.1, 0.15) is 53.9 Å². The molecule has 4 unspecified atom stereocenters. The smallest absolute Gasteiger partial charge is 0.303 e. The van der Waals surface area contributed by atoms with Crippen LogP contribution in [0.2, 0.25) is 0 Å². The number of carboxylic acids is 1. The van der Waals surface area contributed by atoms with Crippen molar-refractivity contribution >= 4 is 40.7 Å². The van der Waals surface area contributed by atoms with Gasteiger partial charge in [-0.05, 0) is 30.2 Å². The normalized spacial score (nSPS) is 21.5. The van der Waals surface area contributed by atoms with Gasteiger partial charge in [0.15, 0.2) is 10.6 Å². The number of ether oxygens (including phenoxy) is 2. The number of hydrogen-bond acceptors (Lipinski definition) is 9. The number of rotatable bonds is 10. The van der Waals surface area contributed by atoms with Crippen molar-refractivity contribution in [2.45, 2.75) is 56.1 Å². The van der Waals surface area contributed by atoms with Crippen molar-refractivity contribution in [3.8, 4) is 0 Å². The minimum Gasteiger partial charge on any atom is -0.481 e. The number of aryl methyl sites for hydroxylation is 1. The number of carbonyl (C=O) groups excluding carboxylic acids is 1. The summed E-state index contributed by atoms with van der Waals surface area (Å²) < 4.78 is 13.8. The number of nitrogens with one attached hydrogen (secondary N) is 1. The lowest BCUT2D eigenvalue weighted by Gasteiger charge is -2.41. The fourth-order valence-electron chi connectivity index (χ4n) is 3.97. The Hall–Kier alpha value is -2.83. The first kappa shape index (κ1) is 27.2. The molecule has 3 aromatic rings. The Kier molecular flexibility index (Phi) is 9.28. The summed E-state index contributed by atoms with van der Waals surface area (Å²) in [5.74, 6) is -0.644. The number of carbonyl (C=O) groups is 2. The van der Waals surface area contributed by atoms with Gasteiger partial charge in [-0.3, -0.25) is 9.59 Å². The van der Waals surface area contributed by atoms with Crippen molar-refractivity contribution < 1.29 is 29.3 Å². The topological polar surface area (TPSA) is 131 Å². The van der Waals surface area contributed by atoms with E-state index in [9.17, 15) is 14.7 Å². The van der Waals surface area contributed by atoms with Gasteiger partial charge in [-0.25, -0.2) is 0 Å². The third-order valence-electron chi connectivity index (χ3n) is 6.03. The Morgan fingerprint density at radius 2 is 1.73 bits per heavy atom. The summed E-state index contributed by atoms with van der Waals surface area (Å²) >= 11 is 3.16. The highest BCUT2D eigenvalue weighted by Crippen LogP contribution is 2.43. The molecule has 1 saturated heterocycles. The maximum absolute atomic E-state index is 12.0. The lowest BCUT2D eigenvalue weighted by Crippen LogP contribution is -2.38. The highest BCUT2D eigenvalue weighted by molar-refractivity contribution is 8.01. The van der Waals surface area contributed by atoms with Crippen LogP contribution >= 0.6 is 23.1 Å². The van der Waals surface area contributed by atoms with Crippen LogP contribution < -0.4 is 5.32 Å². The summed E-state index contributed by atoms with van der Waals surface area (Å²) in [4.78, 5) is 22.7. The lowest BCUT2D eigenvalue weighted by molar-refractivity contribution is -0.268. The number of aromatic nitrogens is 2. The molecule has 4 rings (SSSR count). The number of nitrogens with zero attached hydrogens (tertiary/aromatic N) is 2. The molecule has 1 amide bonds. The number of thioether (sulfide) groups is 1. The fourth-order valence-corrected chi connectivity index (χ4v) is 5.97. The molecule has 1 aliphatic heterocycles. The number of aliphatic hydroxyl groups is 1. The highest BCUT2D eigenvalue weighted by Gasteiger charge is 2.38. The molecule has 9 nitrogen and oxygen atoms in total. The van der Waals surface area contributed by atoms with Crippen LogP contribution in [0.5, 0.6) is 0 Å². The molecule has 0 bridgehead atoms. The van der Waals surface area contributed by atoms with Crippen LogP contribution in [0.4, 0.5) is 5.69 Å². The molecule has 0 radical (unpaired) electrons. The van der Waals surface area contributed by atoms with Crippen LogP contribution in [0.15, 0.2) is 52.9 Å². The summed E-state index contributed by atoms with van der Waals surface area (Å²) in [7, 11) is 0. The zero-order valence-corrected chi connectivity index (χ0v) is 22.1. The molecule has 4 atom stereocenters. The van der Waals surface area contributed by atoms with E-state index in [0.717, 1.165) is 26.0 Å². The molecule has 1 fully saturated rings. The second-order valence-corrected chi connectivity index (χ2v) is 11.2. The van der Waals surface area contributed by atoms with Gasteiger partial charge in [0, 0.05) is 29.3 Å². The predicted molar refractivity (Wildman–Crippen MR) is 140 cm³/mol. The molecule has 0 spiro atoms. The van der Waals surface area contributed by atoms with Crippen LogP contribution in [-0.4, -0.2) is 44.1 Å². The van der Waals surface area contributed by atoms with Crippen LogP contribution in [0.3, 0.4) is 0 Å². The van der Waals surface area contributed by atoms with E-state index < -0.39 is 12.3 Å². The highest BCUT2D eigenvalue weighted by atomic mass is 32.2. The molecule has 37 heavy (non-hydrogen) atoms. The van der Waals surface area contributed by atoms with Crippen LogP contribution in [-0.2, 0) is 25.7 Å². The number of amides is 1. The molecule has 0 aliphatic carbocycles. The largest absolute Gasteiger partial charge is 0.481 e. The first-order valence-corrected chi connectivity index (χ1v) is 13.7. The number of anilines is 1. The van der Waals surface area contributed by atoms with Gasteiger partial charge >= 0.3 is 5.97 Å². The fraction of sp³-hybridized carbons (Fsp3) is 0.385. The SMILES string of the molecule is Cc1nnc(SCC2OC(c3ccc(NC(=O)CCC(=O)O)cc3)OC(c3ccc(CO)cc3)C2C)s1. The second-order valence-electron chi connectivity index (χ2n) is 8.78. The van der Waals surface area contributed by atoms with E-state index in [1.807, 2.05) is 43.3 Å². The summed E-state index contributed by atoms with van der Waals surface area (Å²) in [6.07, 6.45) is -1.30. The molecular weight excluding hydrogens is 514 g/mol. The standard InChI is InChI=1S/C26H29N3O6S2/c1-15-21(14-36-26-29-28-16(2)37-26)34-25(35-24(15)18-5-3-17(13-30)4-6-18)19-7-9-20(10-8-19)27-22(31)11-12-23(32)33/h3-10,15,21,24-25,30H,11-14H2,1-2H3,(H,27,31)(H,32,33). The Morgan fingerprint density at radius 3 is 2.35 bits per heavy atom. The van der Waals surface area contributed by atoms with Crippen molar-refractivity contribution in [2.75, 3.05) is 11.1 Å². The maximum Gasteiger partial charge on any atom is 0.303 e. The van der Waals surface area contributed by atoms with E-state index in [1.165, 1.54) is 0 Å². The minimum absolute atomic E-state index is 0.0210. The van der Waals surface area contributed by atoms with Crippen LogP contribution in [0, 0.1) is 12.8 Å². The average molecular weight is 544 g/mol. The number of hydrogen-bond donors (Lipinski definition) is 3. The number of aliphatic hydroxyl groups excluding tert-OH is 1. The summed E-state index contributed by atoms with van der Waals surface area (Å²) in [5.41, 5.74) is 3.20. The number of aliphatic carboxylic acids is 1. The molecule has 196 valence electrons. The predicted octanol–water partition coefficient (Wildman–Crippen LogP) is 4.73. The van der Waals surface area contributed by atoms with Gasteiger partial charge < -0.3 is 25.0 Å². The Balaban J connectivity index is 1.50. The van der Waals surface area contributed by atoms with E-state index in [2.05, 4.69) is 22.4 Å². The minimum atomic E-state index is -1.01. The first-order chi connectivity index (χ1) is 17.8. The molecule has 2 heterocycles. The second kappa shape index (κ2) is 12.6. The molecule has 3 N–H and O–H groups in total. The van der Waals surface area contributed by atoms with Gasteiger partial charge in [-0.1, -0.05) is 66.4 Å². The molecule has 1 aliphatic rings. The summed E-state index contributed by atoms with van der Waals surface area (Å²) in [6, 6.07) is 14.9. The van der Waals surface area contributed by atoms with Gasteiger partial charge in [0.2, 0.25) is 5.91 Å². The Morgan fingerprint density at radius 1 is 1.03 bits per heavy atom. The zero-order chi connectivity index (χ0) is 26.4. The number of carboxylic acid groups (broad SMARTS) is 1. The van der Waals surface area contributed by atoms with Gasteiger partial charge in [-0.15, -0.1) is 10.2 Å². The van der Waals surface area contributed by atoms with Crippen LogP contribution in [0.25, 0.3) is 0 Å². The molecule has 11 heteroatoms. The summed E-state index contributed by atoms with van der Waals surface area (Å²) in [6.45, 7) is 4.01. The quantitative estimate of drug-likeness (QED) is 0.311. The first-order valence-electron chi connectivity index (χ1n) is 11.9. The van der Waals surface area contributed by atoms with Gasteiger partial charge in [0.05, 0.1) is 25.2 Å². The van der Waals surface area contributed by atoms with E-state index in [4.69, 9.17) is 14.6 Å². The summed E-state index contributed by atoms with van der Waals surface area (Å²) in [5, 5.41) is 30.1. The molecule has 2 aromatic carbocycles. The Bertz CT molecular complexity index is 1200.